The van der Waals surface area contributed by atoms with E-state index in [-0.39, 0.29) is 5.82 Å². The van der Waals surface area contributed by atoms with E-state index in [1.54, 1.807) is 6.07 Å². The lowest BCUT2D eigenvalue weighted by Crippen LogP contribution is -2.38. The molecular formula is C18H26FN3O3S. The highest BCUT2D eigenvalue weighted by Crippen LogP contribution is 2.27. The average Bonchev–Trinajstić information content (AvgIpc) is 2.57. The largest absolute Gasteiger partial charge is 0.591 e. The first kappa shape index (κ1) is 20.5. The second-order valence-electron chi connectivity index (χ2n) is 7.42. The maximum absolute atomic E-state index is 13.7. The quantitative estimate of drug-likeness (QED) is 0.604. The van der Waals surface area contributed by atoms with Crippen molar-refractivity contribution >= 4 is 29.4 Å². The van der Waals surface area contributed by atoms with E-state index >= 15 is 0 Å². The van der Waals surface area contributed by atoms with Gasteiger partial charge in [0.15, 0.2) is 0 Å². The summed E-state index contributed by atoms with van der Waals surface area (Å²) in [5, 5.41) is 11.1. The smallest absolute Gasteiger partial charge is 0.404 e. The Hall–Kier alpha value is -1.80. The van der Waals surface area contributed by atoms with E-state index in [0.717, 1.165) is 31.6 Å². The van der Waals surface area contributed by atoms with E-state index in [2.05, 4.69) is 14.6 Å². The van der Waals surface area contributed by atoms with Gasteiger partial charge in [0.25, 0.3) is 0 Å². The van der Waals surface area contributed by atoms with Gasteiger partial charge < -0.3 is 19.9 Å². The fraction of sp³-hybridized carbons (Fsp3) is 0.556. The lowest BCUT2D eigenvalue weighted by atomic mass is 9.96. The molecule has 0 saturated carbocycles. The van der Waals surface area contributed by atoms with Gasteiger partial charge in [0.1, 0.15) is 21.9 Å². The molecule has 2 rings (SSSR count). The van der Waals surface area contributed by atoms with Crippen LogP contribution in [0.1, 0.15) is 39.2 Å². The molecule has 0 aliphatic carbocycles. The highest BCUT2D eigenvalue weighted by molar-refractivity contribution is 7.91. The first-order valence-corrected chi connectivity index (χ1v) is 9.75. The van der Waals surface area contributed by atoms with Crippen LogP contribution in [-0.2, 0) is 11.4 Å². The Morgan fingerprint density at radius 3 is 2.69 bits per heavy atom. The summed E-state index contributed by atoms with van der Waals surface area (Å²) >= 11 is -1.41. The zero-order chi connectivity index (χ0) is 19.3. The molecule has 1 amide bonds. The van der Waals surface area contributed by atoms with Crippen molar-refractivity contribution in [3.8, 4) is 0 Å². The molecule has 1 saturated heterocycles. The predicted octanol–water partition coefficient (Wildman–Crippen LogP) is 3.19. The summed E-state index contributed by atoms with van der Waals surface area (Å²) in [5.41, 5.74) is 1.45. The van der Waals surface area contributed by atoms with Crippen LogP contribution in [0.2, 0.25) is 0 Å². The van der Waals surface area contributed by atoms with E-state index in [4.69, 9.17) is 5.11 Å². The van der Waals surface area contributed by atoms with Crippen molar-refractivity contribution in [2.45, 2.75) is 38.4 Å². The minimum absolute atomic E-state index is 0.299. The number of carbonyl (C=O) groups is 1. The molecule has 1 atom stereocenters. The van der Waals surface area contributed by atoms with Gasteiger partial charge in [-0.15, -0.1) is 0 Å². The molecule has 0 aromatic heterocycles. The van der Waals surface area contributed by atoms with Gasteiger partial charge >= 0.3 is 6.09 Å². The molecule has 1 unspecified atom stereocenters. The first-order valence-electron chi connectivity index (χ1n) is 8.64. The Bertz CT molecular complexity index is 656. The Labute approximate surface area is 156 Å². The molecule has 144 valence electrons. The van der Waals surface area contributed by atoms with E-state index in [1.165, 1.54) is 18.3 Å². The number of carboxylic acid groups (broad SMARTS) is 1. The highest BCUT2D eigenvalue weighted by Gasteiger charge is 2.26. The second-order valence-corrected chi connectivity index (χ2v) is 9.35. The maximum atomic E-state index is 13.7. The molecule has 1 heterocycles. The van der Waals surface area contributed by atoms with Crippen molar-refractivity contribution in [3.63, 3.8) is 0 Å². The highest BCUT2D eigenvalue weighted by atomic mass is 32.2. The molecule has 2 N–H and O–H groups in total. The third-order valence-corrected chi connectivity index (χ3v) is 5.64. The van der Waals surface area contributed by atoms with E-state index in [9.17, 15) is 13.7 Å². The van der Waals surface area contributed by atoms with Crippen LogP contribution in [0.25, 0.3) is 0 Å². The van der Waals surface area contributed by atoms with Crippen molar-refractivity contribution in [1.82, 2.24) is 5.32 Å². The zero-order valence-corrected chi connectivity index (χ0v) is 16.2. The number of anilines is 1. The van der Waals surface area contributed by atoms with Crippen molar-refractivity contribution in [2.24, 2.45) is 10.3 Å². The fourth-order valence-electron chi connectivity index (χ4n) is 2.79. The number of nitrogens with one attached hydrogen (secondary N) is 1. The van der Waals surface area contributed by atoms with Crippen LogP contribution in [0, 0.1) is 11.7 Å². The molecule has 8 heteroatoms. The van der Waals surface area contributed by atoms with Crippen LogP contribution in [-0.4, -0.2) is 46.3 Å². The number of nitrogens with zero attached hydrogens (tertiary/aromatic N) is 2. The SMILES string of the molecule is CC(C)(C)[S+]([O-])N=Cc1cc(F)ccc1N1CCC(CNC(=O)O)CC1. The molecule has 6 nitrogen and oxygen atoms in total. The molecule has 1 aromatic rings. The average molecular weight is 383 g/mol. The van der Waals surface area contributed by atoms with E-state index in [1.807, 2.05) is 20.8 Å². The van der Waals surface area contributed by atoms with Gasteiger partial charge in [-0.1, -0.05) is 4.40 Å². The number of halogens is 1. The van der Waals surface area contributed by atoms with Crippen LogP contribution in [0.3, 0.4) is 0 Å². The molecule has 1 fully saturated rings. The van der Waals surface area contributed by atoms with Crippen LogP contribution >= 0.6 is 0 Å². The number of amides is 1. The Balaban J connectivity index is 2.08. The summed E-state index contributed by atoms with van der Waals surface area (Å²) in [7, 11) is 0. The van der Waals surface area contributed by atoms with Gasteiger partial charge in [-0.3, -0.25) is 0 Å². The van der Waals surface area contributed by atoms with Crippen LogP contribution in [0.5, 0.6) is 0 Å². The van der Waals surface area contributed by atoms with Crippen molar-refractivity contribution in [2.75, 3.05) is 24.5 Å². The summed E-state index contributed by atoms with van der Waals surface area (Å²) in [6, 6.07) is 4.52. The Morgan fingerprint density at radius 2 is 2.12 bits per heavy atom. The van der Waals surface area contributed by atoms with Crippen LogP contribution < -0.4 is 10.2 Å². The Kier molecular flexibility index (Phi) is 6.88. The molecule has 1 aromatic carbocycles. The first-order chi connectivity index (χ1) is 12.2. The molecule has 26 heavy (non-hydrogen) atoms. The molecule has 0 bridgehead atoms. The number of rotatable bonds is 5. The third kappa shape index (κ3) is 5.88. The minimum Gasteiger partial charge on any atom is -0.591 e. The molecule has 0 spiro atoms. The summed E-state index contributed by atoms with van der Waals surface area (Å²) in [6.45, 7) is 7.46. The summed E-state index contributed by atoms with van der Waals surface area (Å²) < 4.78 is 29.5. The number of piperidine rings is 1. The van der Waals surface area contributed by atoms with Crippen LogP contribution in [0.4, 0.5) is 14.9 Å². The predicted molar refractivity (Wildman–Crippen MR) is 103 cm³/mol. The lowest BCUT2D eigenvalue weighted by molar-refractivity contribution is 0.191. The van der Waals surface area contributed by atoms with Crippen molar-refractivity contribution in [3.05, 3.63) is 29.6 Å². The van der Waals surface area contributed by atoms with Gasteiger partial charge in [0.05, 0.1) is 6.21 Å². The standard InChI is InChI=1S/C18H26FN3O3S/c1-18(2,3)26(25)21-12-14-10-15(19)4-5-16(14)22-8-6-13(7-9-22)11-20-17(23)24/h4-5,10,12-13,20H,6-9,11H2,1-3H3,(H,23,24). The normalized spacial score (nSPS) is 17.5. The number of hydrogen-bond acceptors (Lipinski definition) is 4. The monoisotopic (exact) mass is 383 g/mol. The van der Waals surface area contributed by atoms with E-state index < -0.39 is 22.2 Å². The maximum Gasteiger partial charge on any atom is 0.404 e. The molecule has 1 aliphatic heterocycles. The van der Waals surface area contributed by atoms with Gasteiger partial charge in [0, 0.05) is 30.9 Å². The van der Waals surface area contributed by atoms with Crippen LogP contribution in [0.15, 0.2) is 22.6 Å². The number of benzene rings is 1. The number of hydrogen-bond donors (Lipinski definition) is 2. The molecule has 0 radical (unpaired) electrons. The summed E-state index contributed by atoms with van der Waals surface area (Å²) in [5.74, 6) is -0.0643. The second kappa shape index (κ2) is 8.73. The van der Waals surface area contributed by atoms with Crippen molar-refractivity contribution < 1.29 is 18.8 Å². The fourth-order valence-corrected chi connectivity index (χ4v) is 3.31. The van der Waals surface area contributed by atoms with Gasteiger partial charge in [-0.2, -0.15) is 0 Å². The topological polar surface area (TPSA) is 88.0 Å². The molecule has 1 aliphatic rings. The van der Waals surface area contributed by atoms with Crippen molar-refractivity contribution in [1.29, 1.82) is 0 Å². The summed E-state index contributed by atoms with van der Waals surface area (Å²) in [6.07, 6.45) is 2.18. The third-order valence-electron chi connectivity index (χ3n) is 4.30. The Morgan fingerprint density at radius 1 is 1.46 bits per heavy atom. The van der Waals surface area contributed by atoms with Gasteiger partial charge in [0.2, 0.25) is 0 Å². The molecular weight excluding hydrogens is 357 g/mol. The summed E-state index contributed by atoms with van der Waals surface area (Å²) in [4.78, 5) is 12.7. The van der Waals surface area contributed by atoms with Gasteiger partial charge in [-0.25, -0.2) is 9.18 Å². The zero-order valence-electron chi connectivity index (χ0n) is 15.4. The lowest BCUT2D eigenvalue weighted by Gasteiger charge is -2.34. The van der Waals surface area contributed by atoms with Gasteiger partial charge in [-0.05, 0) is 57.7 Å². The van der Waals surface area contributed by atoms with E-state index in [0.29, 0.717) is 18.0 Å². The minimum atomic E-state index is -1.41.